The number of carbonyl (C=O) groups is 1. The first-order valence-electron chi connectivity index (χ1n) is 5.14. The lowest BCUT2D eigenvalue weighted by Gasteiger charge is -1.99. The molecule has 2 heterocycles. The average molecular weight is 278 g/mol. The maximum atomic E-state index is 11.8. The Morgan fingerprint density at radius 2 is 2.39 bits per heavy atom. The summed E-state index contributed by atoms with van der Waals surface area (Å²) >= 11 is 2.81. The molecule has 0 aromatic carbocycles. The Morgan fingerprint density at radius 3 is 3.11 bits per heavy atom. The van der Waals surface area contributed by atoms with E-state index in [0.29, 0.717) is 11.4 Å². The summed E-state index contributed by atoms with van der Waals surface area (Å²) in [4.78, 5) is 18.1. The van der Waals surface area contributed by atoms with Crippen LogP contribution in [0.3, 0.4) is 0 Å². The van der Waals surface area contributed by atoms with Gasteiger partial charge in [0.1, 0.15) is 6.61 Å². The molecule has 2 aromatic heterocycles. The van der Waals surface area contributed by atoms with E-state index in [-0.39, 0.29) is 12.5 Å². The van der Waals surface area contributed by atoms with E-state index in [2.05, 4.69) is 22.1 Å². The Kier molecular flexibility index (Phi) is 4.47. The molecule has 0 unspecified atom stereocenters. The number of amides is 1. The first-order valence-corrected chi connectivity index (χ1v) is 6.84. The Balaban J connectivity index is 1.94. The number of hydrogen-bond acceptors (Lipinski definition) is 5. The molecule has 0 aliphatic heterocycles. The Hall–Kier alpha value is -1.68. The van der Waals surface area contributed by atoms with E-state index in [0.717, 1.165) is 9.75 Å². The summed E-state index contributed by atoms with van der Waals surface area (Å²) in [6.45, 7) is 0.309. The van der Waals surface area contributed by atoms with Crippen LogP contribution in [-0.2, 0) is 6.54 Å². The predicted molar refractivity (Wildman–Crippen MR) is 71.6 cm³/mol. The van der Waals surface area contributed by atoms with Gasteiger partial charge < -0.3 is 10.4 Å². The Morgan fingerprint density at radius 1 is 1.50 bits per heavy atom. The van der Waals surface area contributed by atoms with Crippen LogP contribution in [0.2, 0.25) is 0 Å². The zero-order valence-electron chi connectivity index (χ0n) is 9.34. The monoisotopic (exact) mass is 278 g/mol. The van der Waals surface area contributed by atoms with E-state index in [9.17, 15) is 4.79 Å². The van der Waals surface area contributed by atoms with Gasteiger partial charge in [0, 0.05) is 11.1 Å². The van der Waals surface area contributed by atoms with Gasteiger partial charge in [-0.05, 0) is 12.1 Å². The summed E-state index contributed by atoms with van der Waals surface area (Å²) < 4.78 is 0. The summed E-state index contributed by atoms with van der Waals surface area (Å²) in [6, 6.07) is 3.50. The van der Waals surface area contributed by atoms with Crippen LogP contribution >= 0.6 is 22.7 Å². The van der Waals surface area contributed by atoms with Gasteiger partial charge in [-0.3, -0.25) is 9.78 Å². The molecular formula is C12H10N2O2S2. The number of thiazole rings is 1. The van der Waals surface area contributed by atoms with Gasteiger partial charge in [0.2, 0.25) is 0 Å². The molecule has 6 heteroatoms. The molecule has 92 valence electrons. The number of nitrogens with one attached hydrogen (secondary N) is 1. The average Bonchev–Trinajstić information content (AvgIpc) is 3.04. The van der Waals surface area contributed by atoms with Crippen molar-refractivity contribution < 1.29 is 9.90 Å². The van der Waals surface area contributed by atoms with Gasteiger partial charge in [-0.2, -0.15) is 0 Å². The minimum atomic E-state index is -0.176. The second kappa shape index (κ2) is 6.31. The highest BCUT2D eigenvalue weighted by Crippen LogP contribution is 2.15. The highest BCUT2D eigenvalue weighted by molar-refractivity contribution is 7.14. The number of rotatable bonds is 3. The van der Waals surface area contributed by atoms with E-state index >= 15 is 0 Å². The third-order valence-corrected chi connectivity index (χ3v) is 3.81. The number of aromatic nitrogens is 1. The molecule has 2 N–H and O–H groups in total. The highest BCUT2D eigenvalue weighted by atomic mass is 32.1. The van der Waals surface area contributed by atoms with Gasteiger partial charge >= 0.3 is 0 Å². The molecule has 0 bridgehead atoms. The lowest BCUT2D eigenvalue weighted by Crippen LogP contribution is -2.21. The molecule has 18 heavy (non-hydrogen) atoms. The van der Waals surface area contributed by atoms with Crippen LogP contribution in [-0.4, -0.2) is 22.6 Å². The van der Waals surface area contributed by atoms with Gasteiger partial charge in [0.05, 0.1) is 21.8 Å². The van der Waals surface area contributed by atoms with Crippen LogP contribution in [0.1, 0.15) is 19.4 Å². The fourth-order valence-corrected chi connectivity index (χ4v) is 2.57. The minimum absolute atomic E-state index is 0.120. The largest absolute Gasteiger partial charge is 0.384 e. The van der Waals surface area contributed by atoms with E-state index in [4.69, 9.17) is 5.11 Å². The summed E-state index contributed by atoms with van der Waals surface area (Å²) in [7, 11) is 0. The lowest BCUT2D eigenvalue weighted by molar-refractivity contribution is 0.0955. The molecule has 0 radical (unpaired) electrons. The summed E-state index contributed by atoms with van der Waals surface area (Å²) in [6.07, 6.45) is 1.73. The standard InChI is InChI=1S/C12H10N2O2S2/c15-5-1-2-9-3-4-11(18-9)12(16)14-7-10-6-13-8-17-10/h3-4,6,8,15H,5,7H2,(H,14,16). The zero-order chi connectivity index (χ0) is 12.8. The second-order valence-corrected chi connectivity index (χ2v) is 5.33. The predicted octanol–water partition coefficient (Wildman–Crippen LogP) is 1.48. The number of carbonyl (C=O) groups excluding carboxylic acids is 1. The highest BCUT2D eigenvalue weighted by Gasteiger charge is 2.08. The minimum Gasteiger partial charge on any atom is -0.384 e. The molecule has 1 amide bonds. The maximum absolute atomic E-state index is 11.8. The smallest absolute Gasteiger partial charge is 0.261 e. The van der Waals surface area contributed by atoms with Crippen molar-refractivity contribution in [1.82, 2.24) is 10.3 Å². The zero-order valence-corrected chi connectivity index (χ0v) is 11.0. The van der Waals surface area contributed by atoms with Crippen molar-refractivity contribution in [3.05, 3.63) is 38.5 Å². The molecule has 2 rings (SSSR count). The molecule has 0 saturated carbocycles. The van der Waals surface area contributed by atoms with Crippen molar-refractivity contribution in [3.8, 4) is 11.8 Å². The SMILES string of the molecule is O=C(NCc1cncs1)c1ccc(C#CCO)s1. The van der Waals surface area contributed by atoms with Gasteiger partial charge in [0.15, 0.2) is 0 Å². The first-order chi connectivity index (χ1) is 8.79. The summed E-state index contributed by atoms with van der Waals surface area (Å²) in [5.74, 6) is 5.20. The van der Waals surface area contributed by atoms with Gasteiger partial charge in [-0.15, -0.1) is 22.7 Å². The molecule has 0 aliphatic carbocycles. The molecular weight excluding hydrogens is 268 g/mol. The van der Waals surface area contributed by atoms with E-state index in [1.165, 1.54) is 22.7 Å². The van der Waals surface area contributed by atoms with Crippen LogP contribution in [0.5, 0.6) is 0 Å². The van der Waals surface area contributed by atoms with Crippen molar-refractivity contribution in [2.24, 2.45) is 0 Å². The van der Waals surface area contributed by atoms with Crippen LogP contribution in [0.15, 0.2) is 23.8 Å². The van der Waals surface area contributed by atoms with Crippen molar-refractivity contribution in [2.45, 2.75) is 6.54 Å². The van der Waals surface area contributed by atoms with Gasteiger partial charge in [-0.1, -0.05) is 11.8 Å². The van der Waals surface area contributed by atoms with Crippen molar-refractivity contribution >= 4 is 28.6 Å². The van der Waals surface area contributed by atoms with Crippen LogP contribution in [0.4, 0.5) is 0 Å². The molecule has 4 nitrogen and oxygen atoms in total. The quantitative estimate of drug-likeness (QED) is 0.836. The van der Waals surface area contributed by atoms with Crippen LogP contribution in [0.25, 0.3) is 0 Å². The van der Waals surface area contributed by atoms with Crippen molar-refractivity contribution in [1.29, 1.82) is 0 Å². The first kappa shape index (κ1) is 12.8. The molecule has 2 aromatic rings. The number of nitrogens with zero attached hydrogens (tertiary/aromatic N) is 1. The normalized spacial score (nSPS) is 9.61. The number of thiophene rings is 1. The van der Waals surface area contributed by atoms with Crippen molar-refractivity contribution in [2.75, 3.05) is 6.61 Å². The molecule has 0 fully saturated rings. The fourth-order valence-electron chi connectivity index (χ4n) is 1.24. The van der Waals surface area contributed by atoms with E-state index in [1.54, 1.807) is 23.8 Å². The number of hydrogen-bond donors (Lipinski definition) is 2. The third kappa shape index (κ3) is 3.40. The molecule has 0 aliphatic rings. The second-order valence-electron chi connectivity index (χ2n) is 3.27. The van der Waals surface area contributed by atoms with E-state index in [1.807, 2.05) is 0 Å². The lowest BCUT2D eigenvalue weighted by atomic mass is 10.4. The molecule has 0 saturated heterocycles. The van der Waals surface area contributed by atoms with Gasteiger partial charge in [-0.25, -0.2) is 0 Å². The van der Waals surface area contributed by atoms with Gasteiger partial charge in [0.25, 0.3) is 5.91 Å². The van der Waals surface area contributed by atoms with E-state index < -0.39 is 0 Å². The number of aliphatic hydroxyl groups excluding tert-OH is 1. The Bertz CT molecular complexity index is 579. The molecule has 0 spiro atoms. The van der Waals surface area contributed by atoms with Crippen LogP contribution < -0.4 is 5.32 Å². The topological polar surface area (TPSA) is 62.2 Å². The Labute approximate surface area is 112 Å². The number of aliphatic hydroxyl groups is 1. The maximum Gasteiger partial charge on any atom is 0.261 e. The molecule has 0 atom stereocenters. The summed E-state index contributed by atoms with van der Waals surface area (Å²) in [5.41, 5.74) is 1.73. The fraction of sp³-hybridized carbons (Fsp3) is 0.167. The summed E-state index contributed by atoms with van der Waals surface area (Å²) in [5, 5.41) is 11.4. The van der Waals surface area contributed by atoms with Crippen LogP contribution in [0, 0.1) is 11.8 Å². The third-order valence-electron chi connectivity index (χ3n) is 2.03. The van der Waals surface area contributed by atoms with Crippen molar-refractivity contribution in [3.63, 3.8) is 0 Å².